The van der Waals surface area contributed by atoms with Gasteiger partial charge in [-0.1, -0.05) is 6.42 Å². The van der Waals surface area contributed by atoms with Gasteiger partial charge >= 0.3 is 0 Å². The molecule has 0 spiro atoms. The van der Waals surface area contributed by atoms with E-state index in [1.807, 2.05) is 0 Å². The first-order valence-corrected chi connectivity index (χ1v) is 8.94. The first-order chi connectivity index (χ1) is 12.1. The largest absolute Gasteiger partial charge is 0.493 e. The zero-order valence-electron chi connectivity index (χ0n) is 15.6. The van der Waals surface area contributed by atoms with Crippen LogP contribution in [0.15, 0.2) is 12.1 Å². The van der Waals surface area contributed by atoms with E-state index in [1.54, 1.807) is 19.2 Å². The summed E-state index contributed by atoms with van der Waals surface area (Å²) in [5, 5.41) is 3.25. The standard InChI is InChI=1S/C19H28N2O4.ClH/c1-23-15-8-7-14(17(24-2)18(15)25-3)19(22)21-16-11-5-4-6-12(16)10-13(20)9-11;/h7-8,11-13,16H,4-6,9-10,20H2,1-3H3,(H,21,22);1H. The molecule has 2 saturated carbocycles. The van der Waals surface area contributed by atoms with Gasteiger partial charge in [0.2, 0.25) is 5.75 Å². The third kappa shape index (κ3) is 3.86. The molecule has 2 atom stereocenters. The lowest BCUT2D eigenvalue weighted by molar-refractivity contribution is 0.0753. The third-order valence-electron chi connectivity index (χ3n) is 5.62. The van der Waals surface area contributed by atoms with Crippen LogP contribution in [0.1, 0.15) is 42.5 Å². The van der Waals surface area contributed by atoms with E-state index in [4.69, 9.17) is 19.9 Å². The van der Waals surface area contributed by atoms with Gasteiger partial charge in [-0.2, -0.15) is 0 Å². The van der Waals surface area contributed by atoms with Gasteiger partial charge in [-0.25, -0.2) is 0 Å². The van der Waals surface area contributed by atoms with Gasteiger partial charge in [0.15, 0.2) is 11.5 Å². The zero-order chi connectivity index (χ0) is 18.0. The van der Waals surface area contributed by atoms with E-state index in [-0.39, 0.29) is 30.4 Å². The second kappa shape index (κ2) is 8.82. The number of halogens is 1. The summed E-state index contributed by atoms with van der Waals surface area (Å²) in [6.45, 7) is 0. The molecule has 2 aliphatic carbocycles. The molecule has 1 aromatic carbocycles. The number of nitrogens with one attached hydrogen (secondary N) is 1. The van der Waals surface area contributed by atoms with E-state index < -0.39 is 0 Å². The monoisotopic (exact) mass is 384 g/mol. The molecule has 0 aromatic heterocycles. The van der Waals surface area contributed by atoms with E-state index in [9.17, 15) is 4.79 Å². The van der Waals surface area contributed by atoms with Crippen molar-refractivity contribution in [2.75, 3.05) is 21.3 Å². The Bertz CT molecular complexity index is 626. The molecule has 26 heavy (non-hydrogen) atoms. The second-order valence-corrected chi connectivity index (χ2v) is 7.06. The van der Waals surface area contributed by atoms with Crippen molar-refractivity contribution in [2.45, 2.75) is 44.2 Å². The highest BCUT2D eigenvalue weighted by Gasteiger charge is 2.40. The summed E-state index contributed by atoms with van der Waals surface area (Å²) < 4.78 is 16.1. The van der Waals surface area contributed by atoms with Gasteiger partial charge < -0.3 is 25.3 Å². The minimum atomic E-state index is -0.129. The van der Waals surface area contributed by atoms with Gasteiger partial charge in [-0.05, 0) is 49.7 Å². The van der Waals surface area contributed by atoms with Crippen molar-refractivity contribution in [2.24, 2.45) is 17.6 Å². The van der Waals surface area contributed by atoms with Crippen LogP contribution in [0.5, 0.6) is 17.2 Å². The Morgan fingerprint density at radius 3 is 2.19 bits per heavy atom. The summed E-state index contributed by atoms with van der Waals surface area (Å²) in [6.07, 6.45) is 5.49. The topological polar surface area (TPSA) is 82.8 Å². The van der Waals surface area contributed by atoms with Crippen LogP contribution in [-0.4, -0.2) is 39.3 Å². The molecule has 0 heterocycles. The molecule has 0 aliphatic heterocycles. The Kier molecular flexibility index (Phi) is 7.01. The van der Waals surface area contributed by atoms with Gasteiger partial charge in [0.1, 0.15) is 0 Å². The normalized spacial score (nSPS) is 27.1. The van der Waals surface area contributed by atoms with E-state index in [1.165, 1.54) is 20.6 Å². The van der Waals surface area contributed by atoms with Crippen LogP contribution in [0.3, 0.4) is 0 Å². The number of ether oxygens (including phenoxy) is 3. The number of hydrogen-bond donors (Lipinski definition) is 2. The highest BCUT2D eigenvalue weighted by atomic mass is 35.5. The average molecular weight is 385 g/mol. The lowest BCUT2D eigenvalue weighted by Gasteiger charge is -2.45. The van der Waals surface area contributed by atoms with E-state index in [2.05, 4.69) is 5.32 Å². The van der Waals surface area contributed by atoms with Crippen molar-refractivity contribution in [3.63, 3.8) is 0 Å². The van der Waals surface area contributed by atoms with Crippen LogP contribution >= 0.6 is 12.4 Å². The molecule has 146 valence electrons. The number of carbonyl (C=O) groups excluding carboxylic acids is 1. The average Bonchev–Trinajstić information content (AvgIpc) is 2.60. The van der Waals surface area contributed by atoms with Crippen LogP contribution in [0, 0.1) is 11.8 Å². The lowest BCUT2D eigenvalue weighted by atomic mass is 9.67. The summed E-state index contributed by atoms with van der Waals surface area (Å²) in [7, 11) is 4.63. The first kappa shape index (κ1) is 20.6. The summed E-state index contributed by atoms with van der Waals surface area (Å²) >= 11 is 0. The maximum absolute atomic E-state index is 13.0. The number of fused-ring (bicyclic) bond motifs is 2. The Morgan fingerprint density at radius 1 is 1.04 bits per heavy atom. The SMILES string of the molecule is COc1ccc(C(=O)NC2C3CCCC2CC(N)C3)c(OC)c1OC.Cl. The van der Waals surface area contributed by atoms with Crippen LogP contribution in [0.4, 0.5) is 0 Å². The number of methoxy groups -OCH3 is 3. The second-order valence-electron chi connectivity index (χ2n) is 7.06. The summed E-state index contributed by atoms with van der Waals surface area (Å²) in [5.74, 6) is 2.18. The third-order valence-corrected chi connectivity index (χ3v) is 5.62. The fourth-order valence-corrected chi connectivity index (χ4v) is 4.53. The van der Waals surface area contributed by atoms with Crippen molar-refractivity contribution in [1.29, 1.82) is 0 Å². The Morgan fingerprint density at radius 2 is 1.65 bits per heavy atom. The highest BCUT2D eigenvalue weighted by Crippen LogP contribution is 2.42. The number of hydrogen-bond acceptors (Lipinski definition) is 5. The summed E-state index contributed by atoms with van der Waals surface area (Å²) in [5.41, 5.74) is 6.65. The number of carbonyl (C=O) groups is 1. The van der Waals surface area contributed by atoms with Crippen molar-refractivity contribution < 1.29 is 19.0 Å². The van der Waals surface area contributed by atoms with E-state index >= 15 is 0 Å². The van der Waals surface area contributed by atoms with Gasteiger partial charge in [0.05, 0.1) is 26.9 Å². The molecule has 3 N–H and O–H groups in total. The Hall–Kier alpha value is -1.66. The van der Waals surface area contributed by atoms with Gasteiger partial charge in [-0.3, -0.25) is 4.79 Å². The predicted octanol–water partition coefficient (Wildman–Crippen LogP) is 2.77. The Balaban J connectivity index is 0.00000243. The minimum Gasteiger partial charge on any atom is -0.493 e. The molecule has 2 bridgehead atoms. The predicted molar refractivity (Wildman–Crippen MR) is 103 cm³/mol. The van der Waals surface area contributed by atoms with Crippen LogP contribution in [-0.2, 0) is 0 Å². The van der Waals surface area contributed by atoms with Gasteiger partial charge in [0, 0.05) is 12.1 Å². The molecule has 0 saturated heterocycles. The first-order valence-electron chi connectivity index (χ1n) is 8.94. The molecule has 0 radical (unpaired) electrons. The van der Waals surface area contributed by atoms with Crippen LogP contribution in [0.25, 0.3) is 0 Å². The zero-order valence-corrected chi connectivity index (χ0v) is 16.4. The van der Waals surface area contributed by atoms with Crippen LogP contribution < -0.4 is 25.3 Å². The van der Waals surface area contributed by atoms with Crippen LogP contribution in [0.2, 0.25) is 0 Å². The molecule has 6 nitrogen and oxygen atoms in total. The number of benzene rings is 1. The fourth-order valence-electron chi connectivity index (χ4n) is 4.53. The molecule has 1 aromatic rings. The Labute approximate surface area is 161 Å². The maximum Gasteiger partial charge on any atom is 0.255 e. The highest BCUT2D eigenvalue weighted by molar-refractivity contribution is 5.98. The minimum absolute atomic E-state index is 0. The smallest absolute Gasteiger partial charge is 0.255 e. The van der Waals surface area contributed by atoms with E-state index in [0.717, 1.165) is 25.7 Å². The number of rotatable bonds is 5. The van der Waals surface area contributed by atoms with Crippen molar-refractivity contribution in [1.82, 2.24) is 5.32 Å². The van der Waals surface area contributed by atoms with Crippen molar-refractivity contribution in [3.05, 3.63) is 17.7 Å². The maximum atomic E-state index is 13.0. The molecule has 2 fully saturated rings. The molecule has 3 rings (SSSR count). The van der Waals surface area contributed by atoms with E-state index in [0.29, 0.717) is 34.6 Å². The molecule has 1 amide bonds. The molecule has 7 heteroatoms. The molecular weight excluding hydrogens is 356 g/mol. The quantitative estimate of drug-likeness (QED) is 0.815. The number of amides is 1. The molecule has 2 aliphatic rings. The summed E-state index contributed by atoms with van der Waals surface area (Å²) in [4.78, 5) is 13.0. The summed E-state index contributed by atoms with van der Waals surface area (Å²) in [6, 6.07) is 3.91. The molecular formula is C19H29ClN2O4. The lowest BCUT2D eigenvalue weighted by Crippen LogP contribution is -2.53. The van der Waals surface area contributed by atoms with Crippen molar-refractivity contribution >= 4 is 18.3 Å². The number of nitrogens with two attached hydrogens (primary N) is 1. The molecule has 2 unspecified atom stereocenters. The fraction of sp³-hybridized carbons (Fsp3) is 0.632. The van der Waals surface area contributed by atoms with Gasteiger partial charge in [-0.15, -0.1) is 12.4 Å². The van der Waals surface area contributed by atoms with Crippen molar-refractivity contribution in [3.8, 4) is 17.2 Å². The van der Waals surface area contributed by atoms with Gasteiger partial charge in [0.25, 0.3) is 5.91 Å².